The van der Waals surface area contributed by atoms with Crippen molar-refractivity contribution in [1.82, 2.24) is 15.0 Å². The number of benzene rings is 3. The summed E-state index contributed by atoms with van der Waals surface area (Å²) >= 11 is 3.45. The molecule has 1 aliphatic rings. The predicted octanol–water partition coefficient (Wildman–Crippen LogP) is 5.52. The molecular weight excluding hydrogens is 459 g/mol. The Balaban J connectivity index is 1.55. The average molecular weight is 475 g/mol. The van der Waals surface area contributed by atoms with E-state index in [4.69, 9.17) is 0 Å². The smallest absolute Gasteiger partial charge is 0.265 e. The lowest BCUT2D eigenvalue weighted by Gasteiger charge is -2.21. The van der Waals surface area contributed by atoms with Crippen molar-refractivity contribution in [3.05, 3.63) is 106 Å². The van der Waals surface area contributed by atoms with Crippen LogP contribution in [0.15, 0.2) is 88.6 Å². The number of fused-ring (bicyclic) bond motifs is 1. The van der Waals surface area contributed by atoms with Gasteiger partial charge >= 0.3 is 0 Å². The van der Waals surface area contributed by atoms with Gasteiger partial charge in [0.15, 0.2) is 0 Å². The third-order valence-electron chi connectivity index (χ3n) is 5.22. The van der Waals surface area contributed by atoms with E-state index in [1.807, 2.05) is 48.5 Å². The number of carbonyl (C=O) groups is 1. The standard InChI is InChI=1S/C24H16BrFN4O/c25-17-9-5-16(6-10-17)23-13-21(15-7-11-18(26)12-8-15)29-30(23)24(31)22-14-27-19-3-1-2-4-20(19)28-22/h1-12,14,23H,13H2. The molecule has 5 rings (SSSR count). The normalized spacial score (nSPS) is 15.9. The Kier molecular flexibility index (Phi) is 5.03. The molecule has 1 unspecified atom stereocenters. The Morgan fingerprint density at radius 3 is 2.42 bits per heavy atom. The molecule has 0 fully saturated rings. The molecule has 152 valence electrons. The van der Waals surface area contributed by atoms with Gasteiger partial charge in [0.1, 0.15) is 11.5 Å². The molecule has 31 heavy (non-hydrogen) atoms. The average Bonchev–Trinajstić information content (AvgIpc) is 3.24. The van der Waals surface area contributed by atoms with Gasteiger partial charge in [0.05, 0.1) is 29.0 Å². The third kappa shape index (κ3) is 3.84. The van der Waals surface area contributed by atoms with Crippen molar-refractivity contribution in [3.63, 3.8) is 0 Å². The molecule has 4 aromatic rings. The molecular formula is C24H16BrFN4O. The molecule has 2 heterocycles. The van der Waals surface area contributed by atoms with Crippen LogP contribution in [-0.2, 0) is 0 Å². The van der Waals surface area contributed by atoms with Crippen LogP contribution in [0.4, 0.5) is 4.39 Å². The summed E-state index contributed by atoms with van der Waals surface area (Å²) in [6.45, 7) is 0. The van der Waals surface area contributed by atoms with Crippen molar-refractivity contribution in [3.8, 4) is 0 Å². The molecule has 5 nitrogen and oxygen atoms in total. The van der Waals surface area contributed by atoms with Gasteiger partial charge < -0.3 is 0 Å². The van der Waals surface area contributed by atoms with E-state index in [-0.39, 0.29) is 23.5 Å². The Morgan fingerprint density at radius 2 is 1.68 bits per heavy atom. The van der Waals surface area contributed by atoms with Crippen molar-refractivity contribution in [1.29, 1.82) is 0 Å². The van der Waals surface area contributed by atoms with Gasteiger partial charge in [0.25, 0.3) is 5.91 Å². The maximum Gasteiger partial charge on any atom is 0.294 e. The minimum absolute atomic E-state index is 0.227. The van der Waals surface area contributed by atoms with Gasteiger partial charge in [-0.05, 0) is 47.5 Å². The number of rotatable bonds is 3. The molecule has 1 aromatic heterocycles. The summed E-state index contributed by atoms with van der Waals surface area (Å²) in [5, 5.41) is 6.08. The van der Waals surface area contributed by atoms with E-state index in [1.54, 1.807) is 12.1 Å². The lowest BCUT2D eigenvalue weighted by atomic mass is 9.98. The fourth-order valence-electron chi connectivity index (χ4n) is 3.64. The number of nitrogens with zero attached hydrogens (tertiary/aromatic N) is 4. The van der Waals surface area contributed by atoms with Gasteiger partial charge in [-0.3, -0.25) is 9.78 Å². The second kappa shape index (κ2) is 8.00. The second-order valence-electron chi connectivity index (χ2n) is 7.22. The van der Waals surface area contributed by atoms with Gasteiger partial charge in [-0.15, -0.1) is 0 Å². The first-order valence-electron chi connectivity index (χ1n) is 9.73. The topological polar surface area (TPSA) is 58.5 Å². The summed E-state index contributed by atoms with van der Waals surface area (Å²) in [5.74, 6) is -0.644. The van der Waals surface area contributed by atoms with Crippen LogP contribution in [0.5, 0.6) is 0 Å². The first kappa shape index (κ1) is 19.5. The Morgan fingerprint density at radius 1 is 0.968 bits per heavy atom. The zero-order valence-corrected chi connectivity index (χ0v) is 17.8. The highest BCUT2D eigenvalue weighted by molar-refractivity contribution is 9.10. The van der Waals surface area contributed by atoms with Crippen molar-refractivity contribution in [2.45, 2.75) is 12.5 Å². The molecule has 0 saturated heterocycles. The maximum absolute atomic E-state index is 13.4. The summed E-state index contributed by atoms with van der Waals surface area (Å²) in [6, 6.07) is 21.0. The van der Waals surface area contributed by atoms with Gasteiger partial charge in [0, 0.05) is 10.9 Å². The van der Waals surface area contributed by atoms with Crippen molar-refractivity contribution >= 4 is 38.6 Å². The van der Waals surface area contributed by atoms with Crippen LogP contribution in [0.25, 0.3) is 11.0 Å². The van der Waals surface area contributed by atoms with Gasteiger partial charge in [0.2, 0.25) is 0 Å². The fourth-order valence-corrected chi connectivity index (χ4v) is 3.90. The number of hydrogen-bond acceptors (Lipinski definition) is 4. The van der Waals surface area contributed by atoms with Crippen LogP contribution in [-0.4, -0.2) is 26.6 Å². The van der Waals surface area contributed by atoms with Crippen molar-refractivity contribution < 1.29 is 9.18 Å². The summed E-state index contributed by atoms with van der Waals surface area (Å²) in [7, 11) is 0. The molecule has 3 aromatic carbocycles. The van der Waals surface area contributed by atoms with E-state index in [0.29, 0.717) is 11.9 Å². The lowest BCUT2D eigenvalue weighted by molar-refractivity contribution is 0.0705. The van der Waals surface area contributed by atoms with E-state index in [2.05, 4.69) is 31.0 Å². The number of halogens is 2. The van der Waals surface area contributed by atoms with Crippen molar-refractivity contribution in [2.75, 3.05) is 0 Å². The number of hydrazone groups is 1. The molecule has 1 amide bonds. The highest BCUT2D eigenvalue weighted by atomic mass is 79.9. The number of amides is 1. The largest absolute Gasteiger partial charge is 0.294 e. The van der Waals surface area contributed by atoms with Gasteiger partial charge in [-0.2, -0.15) is 5.10 Å². The first-order valence-corrected chi connectivity index (χ1v) is 10.5. The van der Waals surface area contributed by atoms with E-state index in [9.17, 15) is 9.18 Å². The lowest BCUT2D eigenvalue weighted by Crippen LogP contribution is -2.28. The minimum Gasteiger partial charge on any atom is -0.265 e. The van der Waals surface area contributed by atoms with Crippen LogP contribution >= 0.6 is 15.9 Å². The molecule has 0 saturated carbocycles. The molecule has 0 radical (unpaired) electrons. The second-order valence-corrected chi connectivity index (χ2v) is 8.13. The minimum atomic E-state index is -0.330. The molecule has 1 atom stereocenters. The number of para-hydroxylation sites is 2. The molecule has 0 N–H and O–H groups in total. The predicted molar refractivity (Wildman–Crippen MR) is 120 cm³/mol. The Bertz CT molecular complexity index is 1310. The summed E-state index contributed by atoms with van der Waals surface area (Å²) in [4.78, 5) is 22.3. The van der Waals surface area contributed by atoms with Crippen LogP contribution in [0.3, 0.4) is 0 Å². The summed E-state index contributed by atoms with van der Waals surface area (Å²) in [5.41, 5.74) is 4.05. The van der Waals surface area contributed by atoms with E-state index < -0.39 is 0 Å². The Labute approximate surface area is 186 Å². The van der Waals surface area contributed by atoms with Crippen LogP contribution in [0.2, 0.25) is 0 Å². The van der Waals surface area contributed by atoms with Gasteiger partial charge in [-0.1, -0.05) is 52.3 Å². The third-order valence-corrected chi connectivity index (χ3v) is 5.75. The Hall–Kier alpha value is -3.45. The fraction of sp³-hybridized carbons (Fsp3) is 0.0833. The molecule has 0 spiro atoms. The van der Waals surface area contributed by atoms with Crippen LogP contribution in [0.1, 0.15) is 34.1 Å². The number of carbonyl (C=O) groups excluding carboxylic acids is 1. The van der Waals surface area contributed by atoms with E-state index in [0.717, 1.165) is 26.8 Å². The SMILES string of the molecule is O=C(c1cnc2ccccc2n1)N1N=C(c2ccc(F)cc2)CC1c1ccc(Br)cc1. The molecule has 7 heteroatoms. The first-order chi connectivity index (χ1) is 15.1. The quantitative estimate of drug-likeness (QED) is 0.392. The number of aromatic nitrogens is 2. The van der Waals surface area contributed by atoms with E-state index in [1.165, 1.54) is 23.3 Å². The van der Waals surface area contributed by atoms with Gasteiger partial charge in [-0.25, -0.2) is 14.4 Å². The molecule has 0 aliphatic carbocycles. The highest BCUT2D eigenvalue weighted by Gasteiger charge is 2.34. The molecule has 1 aliphatic heterocycles. The number of hydrogen-bond donors (Lipinski definition) is 0. The zero-order valence-electron chi connectivity index (χ0n) is 16.2. The van der Waals surface area contributed by atoms with Crippen LogP contribution in [0, 0.1) is 5.82 Å². The highest BCUT2D eigenvalue weighted by Crippen LogP contribution is 2.34. The zero-order chi connectivity index (χ0) is 21.4. The summed E-state index contributed by atoms with van der Waals surface area (Å²) < 4.78 is 14.3. The maximum atomic E-state index is 13.4. The van der Waals surface area contributed by atoms with E-state index >= 15 is 0 Å². The van der Waals surface area contributed by atoms with Crippen molar-refractivity contribution in [2.24, 2.45) is 5.10 Å². The molecule has 0 bridgehead atoms. The van der Waals surface area contributed by atoms with Crippen LogP contribution < -0.4 is 0 Å². The monoisotopic (exact) mass is 474 g/mol. The summed E-state index contributed by atoms with van der Waals surface area (Å²) in [6.07, 6.45) is 1.99.